The van der Waals surface area contributed by atoms with Crippen molar-refractivity contribution >= 4 is 17.5 Å². The molecule has 2 fully saturated rings. The Balaban J connectivity index is 1.56. The van der Waals surface area contributed by atoms with Crippen molar-refractivity contribution in [2.24, 2.45) is 5.41 Å². The molecule has 1 spiro atoms. The predicted molar refractivity (Wildman–Crippen MR) is 91.6 cm³/mol. The number of nitrogens with zero attached hydrogens (tertiary/aromatic N) is 2. The van der Waals surface area contributed by atoms with E-state index in [2.05, 4.69) is 11.8 Å². The molecule has 0 bridgehead atoms. The molecule has 126 valence electrons. The zero-order chi connectivity index (χ0) is 16.4. The summed E-state index contributed by atoms with van der Waals surface area (Å²) in [7, 11) is 1.88. The Morgan fingerprint density at radius 2 is 2.13 bits per heavy atom. The third kappa shape index (κ3) is 3.70. The molecule has 2 heterocycles. The molecule has 3 rings (SSSR count). The van der Waals surface area contributed by atoms with E-state index in [1.54, 1.807) is 0 Å². The summed E-state index contributed by atoms with van der Waals surface area (Å²) in [5, 5.41) is 0.719. The first-order valence-electron chi connectivity index (χ1n) is 8.30. The molecule has 0 aromatic heterocycles. The maximum atomic E-state index is 12.6. The minimum atomic E-state index is 0.0474. The van der Waals surface area contributed by atoms with Crippen molar-refractivity contribution in [3.8, 4) is 0 Å². The summed E-state index contributed by atoms with van der Waals surface area (Å²) >= 11 is 5.93. The summed E-state index contributed by atoms with van der Waals surface area (Å²) in [6.45, 7) is 6.26. The quantitative estimate of drug-likeness (QED) is 0.847. The topological polar surface area (TPSA) is 32.8 Å². The number of amides is 1. The van der Waals surface area contributed by atoms with Crippen molar-refractivity contribution in [2.45, 2.75) is 25.8 Å². The number of hydrogen-bond donors (Lipinski definition) is 0. The van der Waals surface area contributed by atoms with Crippen LogP contribution in [0, 0.1) is 5.41 Å². The molecule has 0 radical (unpaired) electrons. The Hall–Kier alpha value is -1.10. The van der Waals surface area contributed by atoms with Crippen molar-refractivity contribution in [3.63, 3.8) is 0 Å². The van der Waals surface area contributed by atoms with Gasteiger partial charge in [0.25, 0.3) is 0 Å². The molecular formula is C18H25ClN2O2. The number of carbonyl (C=O) groups is 1. The molecule has 2 aliphatic heterocycles. The van der Waals surface area contributed by atoms with Crippen LogP contribution in [0.2, 0.25) is 5.02 Å². The number of rotatable bonds is 4. The van der Waals surface area contributed by atoms with Gasteiger partial charge in [0.05, 0.1) is 19.2 Å². The van der Waals surface area contributed by atoms with Crippen molar-refractivity contribution in [1.82, 2.24) is 9.80 Å². The van der Waals surface area contributed by atoms with Gasteiger partial charge < -0.3 is 9.64 Å². The SMILES string of the molecule is CC(c1ccc(Cl)cc1)N(C)C(=O)CN1CCC2(CCOC2)C1. The summed E-state index contributed by atoms with van der Waals surface area (Å²) in [6, 6.07) is 7.76. The highest BCUT2D eigenvalue weighted by atomic mass is 35.5. The highest BCUT2D eigenvalue weighted by Crippen LogP contribution is 2.38. The molecule has 2 atom stereocenters. The molecule has 2 unspecified atom stereocenters. The molecule has 5 heteroatoms. The first-order valence-corrected chi connectivity index (χ1v) is 8.68. The second-order valence-corrected chi connectivity index (χ2v) is 7.43. The maximum absolute atomic E-state index is 12.6. The van der Waals surface area contributed by atoms with Gasteiger partial charge in [0.15, 0.2) is 0 Å². The first kappa shape index (κ1) is 16.7. The van der Waals surface area contributed by atoms with Gasteiger partial charge in [0.2, 0.25) is 5.91 Å². The standard InChI is InChI=1S/C18H25ClN2O2/c1-14(15-3-5-16(19)6-4-15)20(2)17(22)11-21-9-7-18(12-21)8-10-23-13-18/h3-6,14H,7-13H2,1-2H3. The monoisotopic (exact) mass is 336 g/mol. The van der Waals surface area contributed by atoms with Crippen molar-refractivity contribution in [3.05, 3.63) is 34.9 Å². The molecule has 2 aliphatic rings. The third-order valence-electron chi connectivity index (χ3n) is 5.39. The molecule has 1 aromatic rings. The molecule has 0 aliphatic carbocycles. The van der Waals surface area contributed by atoms with E-state index in [4.69, 9.17) is 16.3 Å². The molecule has 1 aromatic carbocycles. The highest BCUT2D eigenvalue weighted by Gasteiger charge is 2.41. The number of halogens is 1. The Bertz CT molecular complexity index is 555. The zero-order valence-electron chi connectivity index (χ0n) is 13.9. The molecule has 2 saturated heterocycles. The van der Waals surface area contributed by atoms with Gasteiger partial charge in [-0.05, 0) is 44.0 Å². The number of benzene rings is 1. The lowest BCUT2D eigenvalue weighted by molar-refractivity contribution is -0.132. The second-order valence-electron chi connectivity index (χ2n) is 7.00. The van der Waals surface area contributed by atoms with Crippen molar-refractivity contribution in [1.29, 1.82) is 0 Å². The van der Waals surface area contributed by atoms with E-state index < -0.39 is 0 Å². The smallest absolute Gasteiger partial charge is 0.236 e. The van der Waals surface area contributed by atoms with E-state index in [0.29, 0.717) is 12.0 Å². The fraction of sp³-hybridized carbons (Fsp3) is 0.611. The molecule has 23 heavy (non-hydrogen) atoms. The van der Waals surface area contributed by atoms with Gasteiger partial charge in [-0.25, -0.2) is 0 Å². The van der Waals surface area contributed by atoms with E-state index in [0.717, 1.165) is 49.7 Å². The first-order chi connectivity index (χ1) is 11.0. The van der Waals surface area contributed by atoms with Gasteiger partial charge >= 0.3 is 0 Å². The van der Waals surface area contributed by atoms with Crippen LogP contribution >= 0.6 is 11.6 Å². The molecule has 4 nitrogen and oxygen atoms in total. The largest absolute Gasteiger partial charge is 0.381 e. The van der Waals surface area contributed by atoms with Crippen LogP contribution in [0.4, 0.5) is 0 Å². The maximum Gasteiger partial charge on any atom is 0.236 e. The van der Waals surface area contributed by atoms with Crippen molar-refractivity contribution < 1.29 is 9.53 Å². The zero-order valence-corrected chi connectivity index (χ0v) is 14.7. The van der Waals surface area contributed by atoms with Crippen LogP contribution in [-0.2, 0) is 9.53 Å². The van der Waals surface area contributed by atoms with E-state index in [1.807, 2.05) is 36.2 Å². The number of hydrogen-bond acceptors (Lipinski definition) is 3. The van der Waals surface area contributed by atoms with E-state index in [-0.39, 0.29) is 11.9 Å². The lowest BCUT2D eigenvalue weighted by Crippen LogP contribution is -2.39. The Labute approximate surface area is 143 Å². The van der Waals surface area contributed by atoms with Gasteiger partial charge in [-0.15, -0.1) is 0 Å². The number of ether oxygens (including phenoxy) is 1. The Kier molecular flexibility index (Phi) is 4.95. The summed E-state index contributed by atoms with van der Waals surface area (Å²) in [5.41, 5.74) is 1.41. The van der Waals surface area contributed by atoms with Gasteiger partial charge in [0.1, 0.15) is 0 Å². The van der Waals surface area contributed by atoms with Gasteiger partial charge in [0, 0.05) is 30.6 Å². The summed E-state index contributed by atoms with van der Waals surface area (Å²) < 4.78 is 5.56. The minimum Gasteiger partial charge on any atom is -0.381 e. The summed E-state index contributed by atoms with van der Waals surface area (Å²) in [5.74, 6) is 0.170. The average Bonchev–Trinajstić information content (AvgIpc) is 3.17. The number of likely N-dealkylation sites (N-methyl/N-ethyl adjacent to an activating group) is 1. The van der Waals surface area contributed by atoms with Crippen LogP contribution in [-0.4, -0.2) is 55.6 Å². The van der Waals surface area contributed by atoms with Crippen LogP contribution in [0.25, 0.3) is 0 Å². The summed E-state index contributed by atoms with van der Waals surface area (Å²) in [4.78, 5) is 16.7. The normalized spacial score (nSPS) is 25.9. The fourth-order valence-corrected chi connectivity index (χ4v) is 3.74. The van der Waals surface area contributed by atoms with Crippen LogP contribution in [0.1, 0.15) is 31.4 Å². The van der Waals surface area contributed by atoms with Crippen LogP contribution < -0.4 is 0 Å². The average molecular weight is 337 g/mol. The van der Waals surface area contributed by atoms with Crippen molar-refractivity contribution in [2.75, 3.05) is 39.9 Å². The Morgan fingerprint density at radius 1 is 1.39 bits per heavy atom. The van der Waals surface area contributed by atoms with Gasteiger partial charge in [-0.2, -0.15) is 0 Å². The Morgan fingerprint density at radius 3 is 2.78 bits per heavy atom. The molecule has 1 amide bonds. The highest BCUT2D eigenvalue weighted by molar-refractivity contribution is 6.30. The predicted octanol–water partition coefficient (Wildman–Crippen LogP) is 2.97. The lowest BCUT2D eigenvalue weighted by Gasteiger charge is -2.28. The fourth-order valence-electron chi connectivity index (χ4n) is 3.62. The van der Waals surface area contributed by atoms with Gasteiger partial charge in [-0.1, -0.05) is 23.7 Å². The van der Waals surface area contributed by atoms with E-state index in [9.17, 15) is 4.79 Å². The van der Waals surface area contributed by atoms with Gasteiger partial charge in [-0.3, -0.25) is 9.69 Å². The van der Waals surface area contributed by atoms with Crippen LogP contribution in [0.3, 0.4) is 0 Å². The van der Waals surface area contributed by atoms with Crippen LogP contribution in [0.15, 0.2) is 24.3 Å². The lowest BCUT2D eigenvalue weighted by atomic mass is 9.87. The summed E-state index contributed by atoms with van der Waals surface area (Å²) in [6.07, 6.45) is 2.28. The van der Waals surface area contributed by atoms with E-state index in [1.165, 1.54) is 0 Å². The van der Waals surface area contributed by atoms with Crippen LogP contribution in [0.5, 0.6) is 0 Å². The molecular weight excluding hydrogens is 312 g/mol. The second kappa shape index (κ2) is 6.80. The third-order valence-corrected chi connectivity index (χ3v) is 5.64. The van der Waals surface area contributed by atoms with E-state index >= 15 is 0 Å². The molecule has 0 N–H and O–H groups in total. The number of carbonyl (C=O) groups excluding carboxylic acids is 1. The minimum absolute atomic E-state index is 0.0474. The number of likely N-dealkylation sites (tertiary alicyclic amines) is 1. The molecule has 0 saturated carbocycles.